The molecule has 32 heavy (non-hydrogen) atoms. The largest absolute Gasteiger partial charge is 0.452 e. The minimum Gasteiger partial charge on any atom is -0.452 e. The average molecular weight is 475 g/mol. The summed E-state index contributed by atoms with van der Waals surface area (Å²) in [6, 6.07) is 14.8. The van der Waals surface area contributed by atoms with Gasteiger partial charge in [-0.15, -0.1) is 23.2 Å². The van der Waals surface area contributed by atoms with Gasteiger partial charge in [-0.2, -0.15) is 0 Å². The molecule has 7 nitrogen and oxygen atoms in total. The van der Waals surface area contributed by atoms with Gasteiger partial charge in [-0.05, 0) is 43.2 Å². The van der Waals surface area contributed by atoms with E-state index in [-0.39, 0.29) is 33.8 Å². The summed E-state index contributed by atoms with van der Waals surface area (Å²) in [6.45, 7) is -0.474. The van der Waals surface area contributed by atoms with Crippen molar-refractivity contribution in [3.05, 3.63) is 60.2 Å². The Morgan fingerprint density at radius 2 is 1.56 bits per heavy atom. The normalized spacial score (nSPS) is 24.8. The summed E-state index contributed by atoms with van der Waals surface area (Å²) in [7, 11) is 0. The molecule has 1 aliphatic heterocycles. The summed E-state index contributed by atoms with van der Waals surface area (Å²) in [5.74, 6) is -2.95. The molecular weight excluding hydrogens is 455 g/mol. The Labute approximate surface area is 194 Å². The van der Waals surface area contributed by atoms with Gasteiger partial charge in [0.05, 0.1) is 33.8 Å². The first-order chi connectivity index (χ1) is 15.3. The highest BCUT2D eigenvalue weighted by molar-refractivity contribution is 6.31. The highest BCUT2D eigenvalue weighted by Gasteiger charge is 2.52. The fourth-order valence-corrected chi connectivity index (χ4v) is 4.64. The monoisotopic (exact) mass is 474 g/mol. The van der Waals surface area contributed by atoms with Crippen molar-refractivity contribution in [3.8, 4) is 0 Å². The van der Waals surface area contributed by atoms with Gasteiger partial charge >= 0.3 is 5.97 Å². The van der Waals surface area contributed by atoms with E-state index in [2.05, 4.69) is 5.32 Å². The van der Waals surface area contributed by atoms with Crippen LogP contribution in [0.4, 0.5) is 11.4 Å². The van der Waals surface area contributed by atoms with E-state index in [4.69, 9.17) is 27.9 Å². The van der Waals surface area contributed by atoms with Crippen molar-refractivity contribution in [2.75, 3.05) is 16.8 Å². The number of carbonyl (C=O) groups excluding carboxylic acids is 4. The fourth-order valence-electron chi connectivity index (χ4n) is 4.05. The molecule has 2 aromatic rings. The Kier molecular flexibility index (Phi) is 6.48. The predicted octanol–water partition coefficient (Wildman–Crippen LogP) is 3.60. The van der Waals surface area contributed by atoms with Crippen LogP contribution in [0.2, 0.25) is 0 Å². The number of para-hydroxylation sites is 1. The fraction of sp³-hybridized carbons (Fsp3) is 0.304. The zero-order chi connectivity index (χ0) is 22.8. The van der Waals surface area contributed by atoms with Crippen LogP contribution in [-0.2, 0) is 19.1 Å². The number of carbonyl (C=O) groups is 4. The zero-order valence-electron chi connectivity index (χ0n) is 16.9. The lowest BCUT2D eigenvalue weighted by molar-refractivity contribution is -0.122. The Balaban J connectivity index is 1.43. The third kappa shape index (κ3) is 4.49. The molecule has 2 aliphatic rings. The molecule has 0 spiro atoms. The molecule has 4 rings (SSSR count). The van der Waals surface area contributed by atoms with Crippen LogP contribution in [0.1, 0.15) is 23.2 Å². The van der Waals surface area contributed by atoms with Crippen LogP contribution in [0.5, 0.6) is 0 Å². The van der Waals surface area contributed by atoms with Gasteiger partial charge in [-0.25, -0.2) is 4.79 Å². The number of halogens is 2. The molecule has 1 heterocycles. The number of hydrogen-bond acceptors (Lipinski definition) is 5. The second-order valence-electron chi connectivity index (χ2n) is 7.77. The molecule has 1 saturated carbocycles. The van der Waals surface area contributed by atoms with Crippen molar-refractivity contribution in [2.24, 2.45) is 11.8 Å². The van der Waals surface area contributed by atoms with Gasteiger partial charge in [0.2, 0.25) is 11.8 Å². The van der Waals surface area contributed by atoms with Crippen molar-refractivity contribution in [2.45, 2.75) is 23.6 Å². The number of benzene rings is 2. The molecule has 3 amide bonds. The van der Waals surface area contributed by atoms with E-state index in [9.17, 15) is 19.2 Å². The first-order valence-corrected chi connectivity index (χ1v) is 11.0. The molecule has 1 N–H and O–H groups in total. The summed E-state index contributed by atoms with van der Waals surface area (Å²) in [5, 5.41) is 1.86. The molecule has 0 aromatic heterocycles. The quantitative estimate of drug-likeness (QED) is 0.406. The van der Waals surface area contributed by atoms with Crippen molar-refractivity contribution in [1.29, 1.82) is 0 Å². The number of ether oxygens (including phenoxy) is 1. The summed E-state index contributed by atoms with van der Waals surface area (Å²) in [5.41, 5.74) is 0.979. The smallest absolute Gasteiger partial charge is 0.338 e. The number of imide groups is 1. The molecule has 0 radical (unpaired) electrons. The van der Waals surface area contributed by atoms with Gasteiger partial charge in [-0.1, -0.05) is 24.3 Å². The predicted molar refractivity (Wildman–Crippen MR) is 120 cm³/mol. The SMILES string of the molecule is O=C(COC(=O)c1cccc(N2C(=O)[C@@H]3C[C@@H](Cl)[C@@H](Cl)C[C@H]3C2=O)c1)Nc1ccccc1. The minimum atomic E-state index is -0.742. The van der Waals surface area contributed by atoms with Crippen molar-refractivity contribution in [3.63, 3.8) is 0 Å². The highest BCUT2D eigenvalue weighted by Crippen LogP contribution is 2.43. The number of anilines is 2. The van der Waals surface area contributed by atoms with Crippen molar-refractivity contribution in [1.82, 2.24) is 0 Å². The Bertz CT molecular complexity index is 1030. The van der Waals surface area contributed by atoms with E-state index in [1.165, 1.54) is 12.1 Å². The number of rotatable bonds is 5. The molecular formula is C23H20Cl2N2O5. The van der Waals surface area contributed by atoms with Crippen LogP contribution in [0.15, 0.2) is 54.6 Å². The van der Waals surface area contributed by atoms with Crippen LogP contribution < -0.4 is 10.2 Å². The van der Waals surface area contributed by atoms with E-state index < -0.39 is 30.3 Å². The molecule has 2 aromatic carbocycles. The lowest BCUT2D eigenvalue weighted by Crippen LogP contribution is -2.34. The van der Waals surface area contributed by atoms with E-state index in [0.29, 0.717) is 18.5 Å². The Hall–Kier alpha value is -2.90. The van der Waals surface area contributed by atoms with Gasteiger partial charge in [0.1, 0.15) is 0 Å². The van der Waals surface area contributed by atoms with Crippen LogP contribution in [0.3, 0.4) is 0 Å². The summed E-state index contributed by atoms with van der Waals surface area (Å²) in [4.78, 5) is 51.3. The summed E-state index contributed by atoms with van der Waals surface area (Å²) >= 11 is 12.4. The lowest BCUT2D eigenvalue weighted by atomic mass is 9.80. The molecule has 0 bridgehead atoms. The Morgan fingerprint density at radius 3 is 2.19 bits per heavy atom. The number of nitrogens with one attached hydrogen (secondary N) is 1. The van der Waals surface area contributed by atoms with Crippen molar-refractivity contribution < 1.29 is 23.9 Å². The van der Waals surface area contributed by atoms with Crippen LogP contribution >= 0.6 is 23.2 Å². The molecule has 9 heteroatoms. The molecule has 4 atom stereocenters. The molecule has 2 fully saturated rings. The zero-order valence-corrected chi connectivity index (χ0v) is 18.4. The lowest BCUT2D eigenvalue weighted by Gasteiger charge is -2.28. The highest BCUT2D eigenvalue weighted by atomic mass is 35.5. The standard InChI is InChI=1S/C23H20Cl2N2O5/c24-18-10-16-17(11-19(18)25)22(30)27(21(16)29)15-8-4-5-13(9-15)23(31)32-12-20(28)26-14-6-2-1-3-7-14/h1-9,16-19H,10-12H2,(H,26,28)/t16-,17-,18-,19+/m1/s1. The van der Waals surface area contributed by atoms with Gasteiger partial charge < -0.3 is 10.1 Å². The number of amides is 3. The number of alkyl halides is 2. The van der Waals surface area contributed by atoms with Crippen LogP contribution in [0.25, 0.3) is 0 Å². The molecule has 1 aliphatic carbocycles. The molecule has 166 valence electrons. The second-order valence-corrected chi connectivity index (χ2v) is 8.89. The van der Waals surface area contributed by atoms with E-state index in [1.54, 1.807) is 36.4 Å². The van der Waals surface area contributed by atoms with E-state index in [1.807, 2.05) is 6.07 Å². The van der Waals surface area contributed by atoms with Crippen LogP contribution in [0, 0.1) is 11.8 Å². The summed E-state index contributed by atoms with van der Waals surface area (Å²) < 4.78 is 5.08. The number of nitrogens with zero attached hydrogens (tertiary/aromatic N) is 1. The topological polar surface area (TPSA) is 92.8 Å². The summed E-state index contributed by atoms with van der Waals surface area (Å²) in [6.07, 6.45) is 0.666. The van der Waals surface area contributed by atoms with Crippen LogP contribution in [-0.4, -0.2) is 41.1 Å². The van der Waals surface area contributed by atoms with E-state index >= 15 is 0 Å². The van der Waals surface area contributed by atoms with Gasteiger partial charge in [0.15, 0.2) is 6.61 Å². The van der Waals surface area contributed by atoms with Crippen molar-refractivity contribution >= 4 is 58.3 Å². The molecule has 1 saturated heterocycles. The number of fused-ring (bicyclic) bond motifs is 1. The maximum Gasteiger partial charge on any atom is 0.338 e. The van der Waals surface area contributed by atoms with Gasteiger partial charge in [-0.3, -0.25) is 19.3 Å². The third-order valence-electron chi connectivity index (χ3n) is 5.64. The second kappa shape index (κ2) is 9.30. The number of hydrogen-bond donors (Lipinski definition) is 1. The maximum absolute atomic E-state index is 12.9. The molecule has 0 unspecified atom stereocenters. The van der Waals surface area contributed by atoms with E-state index in [0.717, 1.165) is 4.90 Å². The number of esters is 1. The third-order valence-corrected chi connectivity index (χ3v) is 6.74. The minimum absolute atomic E-state index is 0.121. The van der Waals surface area contributed by atoms with Gasteiger partial charge in [0.25, 0.3) is 5.91 Å². The average Bonchev–Trinajstić information content (AvgIpc) is 3.02. The maximum atomic E-state index is 12.9. The first kappa shape index (κ1) is 22.3. The first-order valence-electron chi connectivity index (χ1n) is 10.1. The van der Waals surface area contributed by atoms with Gasteiger partial charge in [0, 0.05) is 5.69 Å². The Morgan fingerprint density at radius 1 is 0.938 bits per heavy atom.